The monoisotopic (exact) mass is 467 g/mol. The van der Waals surface area contributed by atoms with Gasteiger partial charge >= 0.3 is 14.2 Å². The summed E-state index contributed by atoms with van der Waals surface area (Å²) in [7, 11) is -1.06. The summed E-state index contributed by atoms with van der Waals surface area (Å²) < 4.78 is 16.8. The van der Waals surface area contributed by atoms with Crippen molar-refractivity contribution in [2.24, 2.45) is 5.73 Å². The van der Waals surface area contributed by atoms with E-state index in [1.54, 1.807) is 0 Å². The zero-order valence-electron chi connectivity index (χ0n) is 20.3. The van der Waals surface area contributed by atoms with Crippen LogP contribution in [0.2, 0.25) is 0 Å². The minimum absolute atomic E-state index is 0.146. The van der Waals surface area contributed by atoms with Crippen molar-refractivity contribution in [3.8, 4) is 0 Å². The van der Waals surface area contributed by atoms with Crippen molar-refractivity contribution in [3.05, 3.63) is 108 Å². The summed E-state index contributed by atoms with van der Waals surface area (Å²) in [6, 6.07) is 30.3. The Morgan fingerprint density at radius 1 is 0.886 bits per heavy atom. The van der Waals surface area contributed by atoms with Crippen LogP contribution in [0.25, 0.3) is 10.8 Å². The van der Waals surface area contributed by atoms with Gasteiger partial charge in [-0.05, 0) is 38.4 Å². The number of benzene rings is 4. The third kappa shape index (κ3) is 5.50. The van der Waals surface area contributed by atoms with Gasteiger partial charge in [-0.3, -0.25) is 0 Å². The van der Waals surface area contributed by atoms with E-state index < -0.39 is 7.12 Å². The molecular weight excluding hydrogens is 436 g/mol. The molecule has 178 valence electrons. The van der Waals surface area contributed by atoms with E-state index in [-0.39, 0.29) is 13.2 Å². The molecule has 2 aliphatic heterocycles. The second kappa shape index (κ2) is 12.2. The number of nitrogens with two attached hydrogens (primary N) is 1. The van der Waals surface area contributed by atoms with Crippen LogP contribution in [0.5, 0.6) is 0 Å². The summed E-state index contributed by atoms with van der Waals surface area (Å²) in [5.41, 5.74) is 10.8. The molecule has 4 aromatic carbocycles. The molecule has 0 radical (unpaired) electrons. The van der Waals surface area contributed by atoms with E-state index in [0.717, 1.165) is 22.1 Å². The Balaban J connectivity index is 0.000000155. The largest absolute Gasteiger partial charge is 0.494 e. The van der Waals surface area contributed by atoms with Gasteiger partial charge in [-0.1, -0.05) is 105 Å². The van der Waals surface area contributed by atoms with Gasteiger partial charge < -0.3 is 24.7 Å². The van der Waals surface area contributed by atoms with E-state index in [1.807, 2.05) is 74.5 Å². The first-order valence-corrected chi connectivity index (χ1v) is 12.2. The first-order valence-electron chi connectivity index (χ1n) is 12.2. The van der Waals surface area contributed by atoms with Crippen molar-refractivity contribution in [2.75, 3.05) is 13.2 Å². The molecule has 4 aromatic rings. The van der Waals surface area contributed by atoms with Crippen molar-refractivity contribution < 1.29 is 19.0 Å². The molecule has 0 saturated heterocycles. The summed E-state index contributed by atoms with van der Waals surface area (Å²) in [6.45, 7) is 5.66. The second-order valence-electron chi connectivity index (χ2n) is 8.06. The predicted octanol–water partition coefficient (Wildman–Crippen LogP) is 3.56. The van der Waals surface area contributed by atoms with Gasteiger partial charge in [-0.15, -0.1) is 0 Å². The highest BCUT2D eigenvalue weighted by Gasteiger charge is 2.35. The average molecular weight is 467 g/mol. The zero-order chi connectivity index (χ0) is 24.6. The van der Waals surface area contributed by atoms with Crippen LogP contribution < -0.4 is 16.7 Å². The maximum Gasteiger partial charge on any atom is 0.494 e. The van der Waals surface area contributed by atoms with Crippen LogP contribution in [0.3, 0.4) is 0 Å². The molecule has 2 aliphatic rings. The quantitative estimate of drug-likeness (QED) is 0.450. The fourth-order valence-electron chi connectivity index (χ4n) is 4.43. The first kappa shape index (κ1) is 25.2. The summed E-state index contributed by atoms with van der Waals surface area (Å²) in [5.74, 6) is 0. The van der Waals surface area contributed by atoms with Crippen LogP contribution >= 0.6 is 0 Å². The van der Waals surface area contributed by atoms with Gasteiger partial charge in [-0.25, -0.2) is 0 Å². The molecule has 0 fully saturated rings. The summed E-state index contributed by atoms with van der Waals surface area (Å²) >= 11 is 0. The van der Waals surface area contributed by atoms with Crippen LogP contribution in [0, 0.1) is 0 Å². The molecule has 35 heavy (non-hydrogen) atoms. The number of hydrogen-bond acceptors (Lipinski definition) is 5. The lowest BCUT2D eigenvalue weighted by molar-refractivity contribution is 0.216. The number of fused-ring (bicyclic) bond motifs is 4. The van der Waals surface area contributed by atoms with Gasteiger partial charge in [0.1, 0.15) is 0 Å². The normalized spacial score (nSPS) is 15.6. The molecule has 1 atom stereocenters. The van der Waals surface area contributed by atoms with Gasteiger partial charge in [0.2, 0.25) is 0 Å². The lowest BCUT2D eigenvalue weighted by atomic mass is 9.77. The summed E-state index contributed by atoms with van der Waals surface area (Å²) in [5, 5.41) is 12.3. The molecule has 1 unspecified atom stereocenters. The number of hydrogen-bond donors (Lipinski definition) is 2. The van der Waals surface area contributed by atoms with Crippen molar-refractivity contribution >= 4 is 35.9 Å². The predicted molar refractivity (Wildman–Crippen MR) is 144 cm³/mol. The molecule has 0 aromatic heterocycles. The average Bonchev–Trinajstić information content (AvgIpc) is 3.51. The zero-order valence-corrected chi connectivity index (χ0v) is 20.3. The molecule has 6 rings (SSSR count). The number of rotatable bonds is 4. The molecular formula is C28H31B2NO4. The molecule has 0 bridgehead atoms. The Hall–Kier alpha value is -2.93. The van der Waals surface area contributed by atoms with E-state index in [0.29, 0.717) is 19.8 Å². The Bertz CT molecular complexity index is 1240. The van der Waals surface area contributed by atoms with Gasteiger partial charge in [0.15, 0.2) is 0 Å². The minimum atomic E-state index is -0.804. The topological polar surface area (TPSA) is 73.9 Å². The van der Waals surface area contributed by atoms with Crippen LogP contribution in [0.1, 0.15) is 36.6 Å². The molecule has 5 nitrogen and oxygen atoms in total. The first-order chi connectivity index (χ1) is 17.3. The third-order valence-electron chi connectivity index (χ3n) is 6.01. The summed E-state index contributed by atoms with van der Waals surface area (Å²) in [6.07, 6.45) is -0.146. The van der Waals surface area contributed by atoms with Gasteiger partial charge in [0.25, 0.3) is 0 Å². The molecule has 0 spiro atoms. The van der Waals surface area contributed by atoms with Crippen molar-refractivity contribution in [3.63, 3.8) is 0 Å². The van der Waals surface area contributed by atoms with Crippen molar-refractivity contribution in [1.29, 1.82) is 0 Å². The third-order valence-corrected chi connectivity index (χ3v) is 6.01. The summed E-state index contributed by atoms with van der Waals surface area (Å²) in [4.78, 5) is 0. The van der Waals surface area contributed by atoms with Crippen molar-refractivity contribution in [1.82, 2.24) is 0 Å². The van der Waals surface area contributed by atoms with Gasteiger partial charge in [0.05, 0.1) is 12.7 Å². The lowest BCUT2D eigenvalue weighted by Gasteiger charge is -2.12. The molecule has 0 aliphatic carbocycles. The van der Waals surface area contributed by atoms with Crippen LogP contribution in [0.4, 0.5) is 0 Å². The van der Waals surface area contributed by atoms with E-state index >= 15 is 0 Å². The van der Waals surface area contributed by atoms with Crippen LogP contribution in [-0.4, -0.2) is 32.4 Å². The fourth-order valence-corrected chi connectivity index (χ4v) is 4.43. The van der Waals surface area contributed by atoms with Crippen LogP contribution in [-0.2, 0) is 20.6 Å². The molecule has 7 heteroatoms. The van der Waals surface area contributed by atoms with E-state index in [2.05, 4.69) is 30.3 Å². The Morgan fingerprint density at radius 3 is 2.40 bits per heavy atom. The van der Waals surface area contributed by atoms with E-state index in [1.165, 1.54) is 16.3 Å². The highest BCUT2D eigenvalue weighted by atomic mass is 16.6. The van der Waals surface area contributed by atoms with E-state index in [4.69, 9.17) is 19.7 Å². The SMILES string of the molecule is CC.NCCOB1OCc2c1ccc1ccccc21.OB1OC(c2ccccc2)c2ccccc21. The standard InChI is InChI=1S/C13H14BNO2.C13H11BO2.C2H6/c15-7-8-16-14-13-6-5-10-3-1-2-4-11(10)12(13)9-17-14;15-14-12-9-5-4-8-11(12)13(16-14)10-6-2-1-3-7-10;1-2/h1-6H,7-9,15H2;1-9,13,15H;1-2H3. The molecule has 3 N–H and O–H groups in total. The highest BCUT2D eigenvalue weighted by molar-refractivity contribution is 6.63. The van der Waals surface area contributed by atoms with Gasteiger partial charge in [-0.2, -0.15) is 0 Å². The highest BCUT2D eigenvalue weighted by Crippen LogP contribution is 2.29. The van der Waals surface area contributed by atoms with Gasteiger partial charge in [0, 0.05) is 13.2 Å². The smallest absolute Gasteiger partial charge is 0.423 e. The molecule has 0 amide bonds. The molecule has 0 saturated carbocycles. The fraction of sp³-hybridized carbons (Fsp3) is 0.214. The molecule has 2 heterocycles. The maximum atomic E-state index is 9.79. The Morgan fingerprint density at radius 2 is 1.60 bits per heavy atom. The lowest BCUT2D eigenvalue weighted by Crippen LogP contribution is -2.33. The minimum Gasteiger partial charge on any atom is -0.423 e. The second-order valence-corrected chi connectivity index (χ2v) is 8.06. The van der Waals surface area contributed by atoms with E-state index in [9.17, 15) is 5.02 Å². The van der Waals surface area contributed by atoms with Crippen LogP contribution in [0.15, 0.2) is 91.0 Å². The van der Waals surface area contributed by atoms with Crippen molar-refractivity contribution in [2.45, 2.75) is 26.6 Å². The maximum absolute atomic E-state index is 9.79. The Labute approximate surface area is 208 Å². The Kier molecular flexibility index (Phi) is 8.74.